The van der Waals surface area contributed by atoms with Gasteiger partial charge in [0.25, 0.3) is 0 Å². The molecule has 14 heavy (non-hydrogen) atoms. The lowest BCUT2D eigenvalue weighted by Gasteiger charge is -2.33. The van der Waals surface area contributed by atoms with Gasteiger partial charge in [-0.2, -0.15) is 0 Å². The topological polar surface area (TPSA) is 32.3 Å². The molecule has 1 amide bonds. The first-order chi connectivity index (χ1) is 6.68. The minimum atomic E-state index is 0.103. The normalized spacial score (nSPS) is 19.9. The van der Waals surface area contributed by atoms with E-state index in [1.54, 1.807) is 6.92 Å². The molecule has 1 aromatic carbocycles. The van der Waals surface area contributed by atoms with Crippen LogP contribution in [-0.4, -0.2) is 18.5 Å². The molecular weight excluding hydrogens is 176 g/mol. The van der Waals surface area contributed by atoms with E-state index in [2.05, 4.69) is 12.2 Å². The number of carbonyl (C=O) groups is 1. The number of nitrogens with one attached hydrogen (secondary N) is 1. The number of rotatable bonds is 0. The third-order valence-electron chi connectivity index (χ3n) is 2.43. The number of hydrogen-bond acceptors (Lipinski definition) is 2. The highest BCUT2D eigenvalue weighted by molar-refractivity contribution is 5.96. The second-order valence-corrected chi connectivity index (χ2v) is 3.69. The molecule has 0 saturated heterocycles. The molecule has 0 aromatic heterocycles. The molecule has 0 spiro atoms. The van der Waals surface area contributed by atoms with E-state index >= 15 is 0 Å². The lowest BCUT2D eigenvalue weighted by Crippen LogP contribution is -2.42. The molecule has 1 N–H and O–H groups in total. The number of benzene rings is 1. The van der Waals surface area contributed by atoms with E-state index < -0.39 is 0 Å². The van der Waals surface area contributed by atoms with E-state index in [1.807, 2.05) is 29.2 Å². The predicted molar refractivity (Wildman–Crippen MR) is 57.6 cm³/mol. The van der Waals surface area contributed by atoms with Gasteiger partial charge in [-0.1, -0.05) is 12.1 Å². The Bertz CT molecular complexity index is 362. The quantitative estimate of drug-likeness (QED) is 0.677. The van der Waals surface area contributed by atoms with E-state index in [9.17, 15) is 4.79 Å². The summed E-state index contributed by atoms with van der Waals surface area (Å²) in [4.78, 5) is 13.2. The molecule has 1 aliphatic rings. The van der Waals surface area contributed by atoms with Gasteiger partial charge in [0.15, 0.2) is 0 Å². The van der Waals surface area contributed by atoms with E-state index in [4.69, 9.17) is 0 Å². The Kier molecular flexibility index (Phi) is 2.15. The Balaban J connectivity index is 2.43. The summed E-state index contributed by atoms with van der Waals surface area (Å²) in [5.74, 6) is 0.103. The van der Waals surface area contributed by atoms with Crippen molar-refractivity contribution in [2.24, 2.45) is 0 Å². The first-order valence-corrected chi connectivity index (χ1v) is 4.82. The number of carbonyl (C=O) groups excluding carboxylic acids is 1. The maximum Gasteiger partial charge on any atom is 0.223 e. The molecule has 0 radical (unpaired) electrons. The monoisotopic (exact) mass is 190 g/mol. The zero-order valence-corrected chi connectivity index (χ0v) is 8.45. The van der Waals surface area contributed by atoms with Crippen LogP contribution in [0.2, 0.25) is 0 Å². The Morgan fingerprint density at radius 1 is 1.50 bits per heavy atom. The average Bonchev–Trinajstić information content (AvgIpc) is 2.16. The smallest absolute Gasteiger partial charge is 0.223 e. The van der Waals surface area contributed by atoms with Crippen molar-refractivity contribution >= 4 is 17.3 Å². The average molecular weight is 190 g/mol. The van der Waals surface area contributed by atoms with Crippen molar-refractivity contribution in [2.75, 3.05) is 16.8 Å². The molecular formula is C11H14N2O. The number of hydrogen-bond donors (Lipinski definition) is 1. The molecule has 1 aromatic rings. The number of amides is 1. The Morgan fingerprint density at radius 3 is 2.93 bits per heavy atom. The van der Waals surface area contributed by atoms with Gasteiger partial charge in [-0.15, -0.1) is 0 Å². The van der Waals surface area contributed by atoms with Crippen LogP contribution in [0.25, 0.3) is 0 Å². The van der Waals surface area contributed by atoms with Gasteiger partial charge < -0.3 is 10.2 Å². The van der Waals surface area contributed by atoms with Crippen molar-refractivity contribution < 1.29 is 4.79 Å². The summed E-state index contributed by atoms with van der Waals surface area (Å²) in [6.45, 7) is 4.42. The second kappa shape index (κ2) is 3.33. The molecule has 3 heteroatoms. The van der Waals surface area contributed by atoms with E-state index in [0.29, 0.717) is 6.04 Å². The first-order valence-electron chi connectivity index (χ1n) is 4.82. The molecule has 0 fully saturated rings. The van der Waals surface area contributed by atoms with Crippen LogP contribution in [0, 0.1) is 0 Å². The molecule has 1 aliphatic heterocycles. The molecule has 3 nitrogen and oxygen atoms in total. The van der Waals surface area contributed by atoms with Crippen molar-refractivity contribution in [2.45, 2.75) is 19.9 Å². The van der Waals surface area contributed by atoms with Gasteiger partial charge in [-0.05, 0) is 19.1 Å². The molecule has 74 valence electrons. The van der Waals surface area contributed by atoms with Crippen LogP contribution in [-0.2, 0) is 4.79 Å². The van der Waals surface area contributed by atoms with Gasteiger partial charge in [0, 0.05) is 19.5 Å². The molecule has 2 rings (SSSR count). The van der Waals surface area contributed by atoms with Crippen LogP contribution in [0.4, 0.5) is 11.4 Å². The Hall–Kier alpha value is -1.51. The summed E-state index contributed by atoms with van der Waals surface area (Å²) in [5.41, 5.74) is 2.03. The van der Waals surface area contributed by atoms with Gasteiger partial charge in [-0.25, -0.2) is 0 Å². The van der Waals surface area contributed by atoms with Crippen LogP contribution >= 0.6 is 0 Å². The van der Waals surface area contributed by atoms with Crippen LogP contribution in [0.15, 0.2) is 24.3 Å². The SMILES string of the molecule is CC(=O)N1C[C@H](C)Nc2ccccc21. The number of nitrogens with zero attached hydrogens (tertiary/aromatic N) is 1. The molecule has 0 aliphatic carbocycles. The van der Waals surface area contributed by atoms with Crippen molar-refractivity contribution in [3.63, 3.8) is 0 Å². The van der Waals surface area contributed by atoms with Gasteiger partial charge in [0.05, 0.1) is 11.4 Å². The van der Waals surface area contributed by atoms with Crippen LogP contribution < -0.4 is 10.2 Å². The first kappa shape index (κ1) is 9.06. The predicted octanol–water partition coefficient (Wildman–Crippen LogP) is 1.85. The van der Waals surface area contributed by atoms with Gasteiger partial charge in [0.2, 0.25) is 5.91 Å². The van der Waals surface area contributed by atoms with E-state index in [0.717, 1.165) is 17.9 Å². The van der Waals surface area contributed by atoms with Gasteiger partial charge in [-0.3, -0.25) is 4.79 Å². The van der Waals surface area contributed by atoms with Crippen molar-refractivity contribution in [3.05, 3.63) is 24.3 Å². The lowest BCUT2D eigenvalue weighted by atomic mass is 10.1. The Morgan fingerprint density at radius 2 is 2.21 bits per heavy atom. The second-order valence-electron chi connectivity index (χ2n) is 3.69. The van der Waals surface area contributed by atoms with Crippen LogP contribution in [0.1, 0.15) is 13.8 Å². The fourth-order valence-electron chi connectivity index (χ4n) is 1.81. The van der Waals surface area contributed by atoms with Gasteiger partial charge >= 0.3 is 0 Å². The minimum absolute atomic E-state index is 0.103. The fraction of sp³-hybridized carbons (Fsp3) is 0.364. The van der Waals surface area contributed by atoms with Crippen LogP contribution in [0.5, 0.6) is 0 Å². The van der Waals surface area contributed by atoms with Crippen molar-refractivity contribution in [3.8, 4) is 0 Å². The maximum absolute atomic E-state index is 11.4. The summed E-state index contributed by atoms with van der Waals surface area (Å²) < 4.78 is 0. The highest BCUT2D eigenvalue weighted by Crippen LogP contribution is 2.30. The Labute approximate surface area is 83.7 Å². The van der Waals surface area contributed by atoms with E-state index in [-0.39, 0.29) is 5.91 Å². The zero-order valence-electron chi connectivity index (χ0n) is 8.45. The molecule has 0 bridgehead atoms. The third kappa shape index (κ3) is 1.45. The summed E-state index contributed by atoms with van der Waals surface area (Å²) in [6.07, 6.45) is 0. The molecule has 0 saturated carbocycles. The summed E-state index contributed by atoms with van der Waals surface area (Å²) >= 11 is 0. The highest BCUT2D eigenvalue weighted by atomic mass is 16.2. The van der Waals surface area contributed by atoms with E-state index in [1.165, 1.54) is 0 Å². The summed E-state index contributed by atoms with van der Waals surface area (Å²) in [5, 5.41) is 3.35. The summed E-state index contributed by atoms with van der Waals surface area (Å²) in [6, 6.07) is 8.21. The van der Waals surface area contributed by atoms with Crippen LogP contribution in [0.3, 0.4) is 0 Å². The third-order valence-corrected chi connectivity index (χ3v) is 2.43. The minimum Gasteiger partial charge on any atom is -0.379 e. The van der Waals surface area contributed by atoms with Crippen molar-refractivity contribution in [1.29, 1.82) is 0 Å². The molecule has 0 unspecified atom stereocenters. The number of fused-ring (bicyclic) bond motifs is 1. The largest absolute Gasteiger partial charge is 0.379 e. The molecule has 1 atom stereocenters. The molecule has 1 heterocycles. The summed E-state index contributed by atoms with van der Waals surface area (Å²) in [7, 11) is 0. The highest BCUT2D eigenvalue weighted by Gasteiger charge is 2.22. The zero-order chi connectivity index (χ0) is 10.1. The maximum atomic E-state index is 11.4. The lowest BCUT2D eigenvalue weighted by molar-refractivity contribution is -0.116. The number of para-hydroxylation sites is 2. The number of anilines is 2. The fourth-order valence-corrected chi connectivity index (χ4v) is 1.81. The van der Waals surface area contributed by atoms with Gasteiger partial charge in [0.1, 0.15) is 0 Å². The standard InChI is InChI=1S/C11H14N2O/c1-8-7-13(9(2)14)11-6-4-3-5-10(11)12-8/h3-6,8,12H,7H2,1-2H3/t8-/m0/s1. The van der Waals surface area contributed by atoms with Crippen molar-refractivity contribution in [1.82, 2.24) is 0 Å².